The van der Waals surface area contributed by atoms with Gasteiger partial charge in [-0.15, -0.1) is 0 Å². The van der Waals surface area contributed by atoms with Gasteiger partial charge in [-0.3, -0.25) is 4.79 Å². The van der Waals surface area contributed by atoms with Crippen LogP contribution in [0.2, 0.25) is 0 Å². The average molecular weight is 322 g/mol. The smallest absolute Gasteiger partial charge is 0.407 e. The van der Waals surface area contributed by atoms with Gasteiger partial charge < -0.3 is 25.7 Å². The molecule has 1 fully saturated rings. The first-order chi connectivity index (χ1) is 10.8. The number of carbonyl (C=O) groups excluding carboxylic acids is 2. The molecule has 2 amide bonds. The van der Waals surface area contributed by atoms with Crippen molar-refractivity contribution in [3.8, 4) is 0 Å². The second kappa shape index (κ2) is 6.93. The Hall–Kier alpha value is -2.18. The van der Waals surface area contributed by atoms with E-state index in [0.717, 1.165) is 12.8 Å². The molecule has 128 valence electrons. The summed E-state index contributed by atoms with van der Waals surface area (Å²) >= 11 is 0. The molecule has 1 aliphatic carbocycles. The second-order valence-corrected chi connectivity index (χ2v) is 6.84. The second-order valence-electron chi connectivity index (χ2n) is 6.84. The third kappa shape index (κ3) is 5.50. The van der Waals surface area contributed by atoms with Crippen molar-refractivity contribution in [2.45, 2.75) is 51.7 Å². The zero-order valence-electron chi connectivity index (χ0n) is 14.0. The van der Waals surface area contributed by atoms with E-state index in [1.54, 1.807) is 6.07 Å². The first-order valence-corrected chi connectivity index (χ1v) is 7.98. The highest BCUT2D eigenvalue weighted by molar-refractivity contribution is 5.93. The van der Waals surface area contributed by atoms with Crippen LogP contribution in [0.4, 0.5) is 10.5 Å². The molecular weight excluding hydrogens is 296 g/mol. The number of anilines is 1. The molecule has 0 radical (unpaired) electrons. The fraction of sp³-hybridized carbons (Fsp3) is 0.625. The summed E-state index contributed by atoms with van der Waals surface area (Å²) in [7, 11) is 0. The summed E-state index contributed by atoms with van der Waals surface area (Å²) in [5.41, 5.74) is 6.48. The highest BCUT2D eigenvalue weighted by Gasteiger charge is 2.27. The Morgan fingerprint density at radius 2 is 1.96 bits per heavy atom. The van der Waals surface area contributed by atoms with Gasteiger partial charge in [-0.05, 0) is 46.1 Å². The fourth-order valence-electron chi connectivity index (χ4n) is 2.22. The maximum atomic E-state index is 12.2. The Balaban J connectivity index is 1.68. The van der Waals surface area contributed by atoms with Gasteiger partial charge >= 0.3 is 6.09 Å². The minimum Gasteiger partial charge on any atom is -0.444 e. The number of rotatable bonds is 6. The van der Waals surface area contributed by atoms with E-state index in [2.05, 4.69) is 10.6 Å². The molecule has 7 heteroatoms. The van der Waals surface area contributed by atoms with Gasteiger partial charge in [0, 0.05) is 25.3 Å². The van der Waals surface area contributed by atoms with Crippen LogP contribution in [0.1, 0.15) is 56.6 Å². The minimum atomic E-state index is -0.507. The van der Waals surface area contributed by atoms with Gasteiger partial charge in [0.1, 0.15) is 11.3 Å². The lowest BCUT2D eigenvalue weighted by molar-refractivity contribution is 0.0527. The van der Waals surface area contributed by atoms with Gasteiger partial charge in [-0.2, -0.15) is 0 Å². The number of nitrogens with two attached hydrogens (primary N) is 1. The number of aromatic nitrogens is 1. The van der Waals surface area contributed by atoms with Crippen LogP contribution in [0.15, 0.2) is 12.3 Å². The summed E-state index contributed by atoms with van der Waals surface area (Å²) in [6.07, 6.45) is 4.18. The largest absolute Gasteiger partial charge is 0.444 e. The van der Waals surface area contributed by atoms with Gasteiger partial charge in [0.2, 0.25) is 0 Å². The quantitative estimate of drug-likeness (QED) is 0.698. The molecule has 1 saturated carbocycles. The van der Waals surface area contributed by atoms with E-state index < -0.39 is 11.7 Å². The van der Waals surface area contributed by atoms with Crippen LogP contribution in [-0.2, 0) is 4.74 Å². The predicted molar refractivity (Wildman–Crippen MR) is 88.3 cm³/mol. The number of nitrogen functional groups attached to an aromatic ring is 1. The van der Waals surface area contributed by atoms with Crippen molar-refractivity contribution in [2.24, 2.45) is 0 Å². The zero-order valence-corrected chi connectivity index (χ0v) is 14.0. The predicted octanol–water partition coefficient (Wildman–Crippen LogP) is 2.05. The number of ether oxygens (including phenoxy) is 1. The van der Waals surface area contributed by atoms with Crippen molar-refractivity contribution in [1.82, 2.24) is 15.2 Å². The van der Waals surface area contributed by atoms with Crippen LogP contribution in [0.25, 0.3) is 0 Å². The normalized spacial score (nSPS) is 14.4. The van der Waals surface area contributed by atoms with E-state index >= 15 is 0 Å². The summed E-state index contributed by atoms with van der Waals surface area (Å²) in [5, 5.41) is 5.51. The maximum absolute atomic E-state index is 12.2. The van der Waals surface area contributed by atoms with Crippen molar-refractivity contribution in [3.63, 3.8) is 0 Å². The molecule has 0 spiro atoms. The lowest BCUT2D eigenvalue weighted by atomic mass is 10.2. The van der Waals surface area contributed by atoms with E-state index in [4.69, 9.17) is 10.5 Å². The molecule has 23 heavy (non-hydrogen) atoms. The van der Waals surface area contributed by atoms with Crippen molar-refractivity contribution < 1.29 is 14.3 Å². The van der Waals surface area contributed by atoms with Gasteiger partial charge in [-0.25, -0.2) is 4.79 Å². The lowest BCUT2D eigenvalue weighted by Gasteiger charge is -2.19. The minimum absolute atomic E-state index is 0.133. The Bertz CT molecular complexity index is 570. The van der Waals surface area contributed by atoms with Crippen molar-refractivity contribution in [2.75, 3.05) is 18.8 Å². The number of nitrogens with one attached hydrogen (secondary N) is 2. The summed E-state index contributed by atoms with van der Waals surface area (Å²) < 4.78 is 7.08. The topological polar surface area (TPSA) is 98.4 Å². The van der Waals surface area contributed by atoms with Gasteiger partial charge in [0.15, 0.2) is 0 Å². The van der Waals surface area contributed by atoms with E-state index in [1.165, 1.54) is 0 Å². The first kappa shape index (κ1) is 17.2. The molecule has 0 unspecified atom stereocenters. The molecular formula is C16H26N4O3. The molecule has 0 aromatic carbocycles. The number of hydrogen-bond acceptors (Lipinski definition) is 4. The Morgan fingerprint density at radius 1 is 1.30 bits per heavy atom. The van der Waals surface area contributed by atoms with Crippen LogP contribution in [0, 0.1) is 0 Å². The number of carbonyl (C=O) groups is 2. The molecule has 2 rings (SSSR count). The zero-order chi connectivity index (χ0) is 17.0. The number of alkyl carbamates (subject to hydrolysis) is 1. The average Bonchev–Trinajstić information content (AvgIpc) is 3.19. The van der Waals surface area contributed by atoms with Crippen LogP contribution in [0.5, 0.6) is 0 Å². The molecule has 1 aromatic rings. The van der Waals surface area contributed by atoms with E-state index in [1.807, 2.05) is 31.5 Å². The Kier molecular flexibility index (Phi) is 5.18. The molecule has 1 aromatic heterocycles. The van der Waals surface area contributed by atoms with Crippen molar-refractivity contribution in [1.29, 1.82) is 0 Å². The lowest BCUT2D eigenvalue weighted by Crippen LogP contribution is -2.34. The molecule has 0 atom stereocenters. The van der Waals surface area contributed by atoms with E-state index in [9.17, 15) is 9.59 Å². The number of amides is 2. The van der Waals surface area contributed by atoms with Crippen LogP contribution < -0.4 is 16.4 Å². The Labute approximate surface area is 136 Å². The van der Waals surface area contributed by atoms with Gasteiger partial charge in [0.25, 0.3) is 5.91 Å². The first-order valence-electron chi connectivity index (χ1n) is 7.98. The van der Waals surface area contributed by atoms with E-state index in [-0.39, 0.29) is 5.91 Å². The van der Waals surface area contributed by atoms with Crippen molar-refractivity contribution in [3.05, 3.63) is 18.0 Å². The third-order valence-corrected chi connectivity index (χ3v) is 3.35. The van der Waals surface area contributed by atoms with Crippen LogP contribution >= 0.6 is 0 Å². The fourth-order valence-corrected chi connectivity index (χ4v) is 2.22. The molecule has 0 saturated heterocycles. The van der Waals surface area contributed by atoms with Crippen LogP contribution in [-0.4, -0.2) is 35.3 Å². The molecule has 0 aliphatic heterocycles. The summed E-state index contributed by atoms with van der Waals surface area (Å²) in [6.45, 7) is 6.36. The monoisotopic (exact) mass is 322 g/mol. The highest BCUT2D eigenvalue weighted by atomic mass is 16.6. The number of nitrogens with zero attached hydrogens (tertiary/aromatic N) is 1. The van der Waals surface area contributed by atoms with E-state index in [0.29, 0.717) is 36.9 Å². The molecule has 1 heterocycles. The third-order valence-electron chi connectivity index (χ3n) is 3.35. The Morgan fingerprint density at radius 3 is 2.57 bits per heavy atom. The SMILES string of the molecule is CC(C)(C)OC(=O)NCCCNC(=O)c1cc(N)cn1C1CC1. The molecule has 1 aliphatic rings. The summed E-state index contributed by atoms with van der Waals surface area (Å²) in [4.78, 5) is 23.7. The summed E-state index contributed by atoms with van der Waals surface area (Å²) in [6, 6.07) is 2.11. The number of hydrogen-bond donors (Lipinski definition) is 3. The van der Waals surface area contributed by atoms with Gasteiger partial charge in [-0.1, -0.05) is 0 Å². The molecule has 0 bridgehead atoms. The highest BCUT2D eigenvalue weighted by Crippen LogP contribution is 2.37. The van der Waals surface area contributed by atoms with Crippen LogP contribution in [0.3, 0.4) is 0 Å². The molecule has 7 nitrogen and oxygen atoms in total. The van der Waals surface area contributed by atoms with Crippen molar-refractivity contribution >= 4 is 17.7 Å². The molecule has 4 N–H and O–H groups in total. The summed E-state index contributed by atoms with van der Waals surface area (Å²) in [5.74, 6) is -0.133. The standard InChI is InChI=1S/C16H26N4O3/c1-16(2,3)23-15(22)19-8-4-7-18-14(21)13-9-11(17)10-20(13)12-5-6-12/h9-10,12H,4-8,17H2,1-3H3,(H,18,21)(H,19,22). The maximum Gasteiger partial charge on any atom is 0.407 e. The van der Waals surface area contributed by atoms with Gasteiger partial charge in [0.05, 0.1) is 5.69 Å².